The van der Waals surface area contributed by atoms with Gasteiger partial charge in [-0.25, -0.2) is 0 Å². The van der Waals surface area contributed by atoms with Crippen LogP contribution < -0.4 is 11.5 Å². The molecular weight excluding hydrogens is 200 g/mol. The predicted molar refractivity (Wildman–Crippen MR) is 46.5 cm³/mol. The van der Waals surface area contributed by atoms with E-state index in [-0.39, 0.29) is 11.4 Å². The first-order valence-corrected chi connectivity index (χ1v) is 3.73. The zero-order chi connectivity index (χ0) is 10.2. The van der Waals surface area contributed by atoms with Crippen LogP contribution in [-0.2, 0) is 0 Å². The highest BCUT2D eigenvalue weighted by atomic mass is 32.1. The summed E-state index contributed by atoms with van der Waals surface area (Å²) in [5.41, 5.74) is 9.67. The van der Waals surface area contributed by atoms with Crippen molar-refractivity contribution >= 4 is 32.7 Å². The summed E-state index contributed by atoms with van der Waals surface area (Å²) in [6.45, 7) is 0. The van der Waals surface area contributed by atoms with Crippen LogP contribution in [0.5, 0.6) is 0 Å². The van der Waals surface area contributed by atoms with Crippen molar-refractivity contribution in [2.45, 2.75) is 0 Å². The van der Waals surface area contributed by atoms with E-state index >= 15 is 0 Å². The molecule has 0 radical (unpaired) electrons. The van der Waals surface area contributed by atoms with Gasteiger partial charge in [-0.15, -0.1) is 0 Å². The summed E-state index contributed by atoms with van der Waals surface area (Å²) in [6.07, 6.45) is 0. The van der Waals surface area contributed by atoms with Crippen molar-refractivity contribution in [2.75, 3.05) is 11.5 Å². The van der Waals surface area contributed by atoms with Crippen LogP contribution in [0, 0.1) is 20.2 Å². The van der Waals surface area contributed by atoms with Gasteiger partial charge in [-0.05, 0) is 0 Å². The van der Waals surface area contributed by atoms with Gasteiger partial charge in [0.25, 0.3) is 0 Å². The normalized spacial score (nSPS) is 9.85. The molecule has 0 fully saturated rings. The monoisotopic (exact) mass is 204 g/mol. The quantitative estimate of drug-likeness (QED) is 0.537. The number of nitrogens with two attached hydrogens (primary N) is 2. The van der Waals surface area contributed by atoms with E-state index in [0.29, 0.717) is 11.3 Å². The van der Waals surface area contributed by atoms with Crippen molar-refractivity contribution < 1.29 is 9.85 Å². The fraction of sp³-hybridized carbons (Fsp3) is 0. The Morgan fingerprint density at radius 1 is 1.00 bits per heavy atom. The van der Waals surface area contributed by atoms with Crippen LogP contribution in [0.4, 0.5) is 21.4 Å². The van der Waals surface area contributed by atoms with Crippen molar-refractivity contribution in [1.82, 2.24) is 0 Å². The lowest BCUT2D eigenvalue weighted by Gasteiger charge is -1.87. The maximum absolute atomic E-state index is 10.3. The van der Waals surface area contributed by atoms with Gasteiger partial charge in [0.05, 0.1) is 9.85 Å². The smallest absolute Gasteiger partial charge is 0.355 e. The van der Waals surface area contributed by atoms with E-state index < -0.39 is 19.8 Å². The van der Waals surface area contributed by atoms with E-state index in [1.165, 1.54) is 0 Å². The third-order valence-electron chi connectivity index (χ3n) is 1.28. The number of nitrogens with zero attached hydrogens (tertiary/aromatic N) is 2. The van der Waals surface area contributed by atoms with Crippen LogP contribution in [0.3, 0.4) is 0 Å². The Morgan fingerprint density at radius 3 is 1.46 bits per heavy atom. The number of nitro groups is 2. The van der Waals surface area contributed by atoms with E-state index in [1.54, 1.807) is 0 Å². The molecule has 9 heteroatoms. The molecular formula is C4H4N4O4S. The molecule has 1 heterocycles. The highest BCUT2D eigenvalue weighted by molar-refractivity contribution is 7.19. The molecule has 4 N–H and O–H groups in total. The second-order valence-electron chi connectivity index (χ2n) is 2.05. The molecule has 0 saturated heterocycles. The first-order chi connectivity index (χ1) is 5.95. The Labute approximate surface area is 75.1 Å². The molecule has 0 aliphatic rings. The lowest BCUT2D eigenvalue weighted by Crippen LogP contribution is -1.96. The minimum absolute atomic E-state index is 0.346. The molecule has 1 rings (SSSR count). The molecule has 0 aliphatic carbocycles. The maximum atomic E-state index is 10.3. The highest BCUT2D eigenvalue weighted by Crippen LogP contribution is 2.44. The van der Waals surface area contributed by atoms with Crippen LogP contribution >= 0.6 is 11.3 Å². The molecule has 0 bridgehead atoms. The molecule has 0 aromatic carbocycles. The Hall–Kier alpha value is -1.90. The van der Waals surface area contributed by atoms with Gasteiger partial charge in [-0.3, -0.25) is 20.2 Å². The Bertz CT molecular complexity index is 351. The third-order valence-corrected chi connectivity index (χ3v) is 2.40. The standard InChI is InChI=1S/C4H4N4O4S/c5-1-2(6)4(8(11)12)13-3(1)7(9)10/h5-6H2. The zero-order valence-corrected chi connectivity index (χ0v) is 6.91. The summed E-state index contributed by atoms with van der Waals surface area (Å²) in [4.78, 5) is 18.9. The molecule has 0 spiro atoms. The van der Waals surface area contributed by atoms with E-state index in [0.717, 1.165) is 0 Å². The number of thiophene rings is 1. The van der Waals surface area contributed by atoms with Gasteiger partial charge in [-0.1, -0.05) is 0 Å². The summed E-state index contributed by atoms with van der Waals surface area (Å²) in [5.74, 6) is 0. The molecule has 0 aliphatic heterocycles. The summed E-state index contributed by atoms with van der Waals surface area (Å²) < 4.78 is 0. The van der Waals surface area contributed by atoms with E-state index in [4.69, 9.17) is 11.5 Å². The Balaban J connectivity index is 3.36. The minimum atomic E-state index is -0.802. The van der Waals surface area contributed by atoms with Gasteiger partial charge < -0.3 is 11.5 Å². The number of rotatable bonds is 2. The number of nitrogen functional groups attached to an aromatic ring is 2. The molecule has 13 heavy (non-hydrogen) atoms. The Morgan fingerprint density at radius 2 is 1.31 bits per heavy atom. The molecule has 1 aromatic heterocycles. The van der Waals surface area contributed by atoms with Gasteiger partial charge in [0.1, 0.15) is 0 Å². The average molecular weight is 204 g/mol. The second-order valence-corrected chi connectivity index (χ2v) is 3.03. The van der Waals surface area contributed by atoms with E-state index in [2.05, 4.69) is 0 Å². The minimum Gasteiger partial charge on any atom is -0.390 e. The van der Waals surface area contributed by atoms with Crippen molar-refractivity contribution in [1.29, 1.82) is 0 Å². The van der Waals surface area contributed by atoms with Crippen molar-refractivity contribution in [3.8, 4) is 0 Å². The summed E-state index contributed by atoms with van der Waals surface area (Å²) >= 11 is 0.354. The molecule has 0 saturated carbocycles. The van der Waals surface area contributed by atoms with Crippen LogP contribution in [0.1, 0.15) is 0 Å². The molecule has 0 atom stereocenters. The molecule has 1 aromatic rings. The lowest BCUT2D eigenvalue weighted by molar-refractivity contribution is -0.382. The molecule has 0 amide bonds. The fourth-order valence-electron chi connectivity index (χ4n) is 0.703. The summed E-state index contributed by atoms with van der Waals surface area (Å²) in [6, 6.07) is 0. The summed E-state index contributed by atoms with van der Waals surface area (Å²) in [5, 5.41) is 19.5. The third kappa shape index (κ3) is 1.36. The van der Waals surface area contributed by atoms with Crippen LogP contribution in [0.25, 0.3) is 0 Å². The Kier molecular flexibility index (Phi) is 2.02. The topological polar surface area (TPSA) is 138 Å². The van der Waals surface area contributed by atoms with Crippen molar-refractivity contribution in [3.63, 3.8) is 0 Å². The molecule has 0 unspecified atom stereocenters. The van der Waals surface area contributed by atoms with Crippen molar-refractivity contribution in [2.24, 2.45) is 0 Å². The molecule has 70 valence electrons. The molecule has 8 nitrogen and oxygen atoms in total. The van der Waals surface area contributed by atoms with Gasteiger partial charge in [0.15, 0.2) is 11.4 Å². The first-order valence-electron chi connectivity index (χ1n) is 2.91. The largest absolute Gasteiger partial charge is 0.390 e. The van der Waals surface area contributed by atoms with Gasteiger partial charge in [0.2, 0.25) is 0 Å². The van der Waals surface area contributed by atoms with E-state index in [1.807, 2.05) is 0 Å². The van der Waals surface area contributed by atoms with Crippen molar-refractivity contribution in [3.05, 3.63) is 20.2 Å². The average Bonchev–Trinajstić information content (AvgIpc) is 2.29. The lowest BCUT2D eigenvalue weighted by atomic mass is 10.4. The maximum Gasteiger partial charge on any atom is 0.355 e. The first kappa shape index (κ1) is 9.19. The van der Waals surface area contributed by atoms with Crippen LogP contribution in [-0.4, -0.2) is 9.85 Å². The van der Waals surface area contributed by atoms with E-state index in [9.17, 15) is 20.2 Å². The summed E-state index contributed by atoms with van der Waals surface area (Å²) in [7, 11) is 0. The fourth-order valence-corrected chi connectivity index (χ4v) is 1.48. The van der Waals surface area contributed by atoms with Crippen LogP contribution in [0.2, 0.25) is 0 Å². The zero-order valence-electron chi connectivity index (χ0n) is 6.09. The second kappa shape index (κ2) is 2.86. The van der Waals surface area contributed by atoms with Crippen LogP contribution in [0.15, 0.2) is 0 Å². The predicted octanol–water partition coefficient (Wildman–Crippen LogP) is 0.729. The SMILES string of the molecule is Nc1c([N+](=O)[O-])sc([N+](=O)[O-])c1N. The van der Waals surface area contributed by atoms with Gasteiger partial charge in [-0.2, -0.15) is 0 Å². The number of hydrogen-bond acceptors (Lipinski definition) is 7. The van der Waals surface area contributed by atoms with Gasteiger partial charge >= 0.3 is 10.0 Å². The van der Waals surface area contributed by atoms with Gasteiger partial charge in [0, 0.05) is 11.3 Å². The highest BCUT2D eigenvalue weighted by Gasteiger charge is 2.29. The number of anilines is 2. The number of hydrogen-bond donors (Lipinski definition) is 2.